The zero-order valence-corrected chi connectivity index (χ0v) is 12.0. The molecule has 0 heterocycles. The monoisotopic (exact) mass is 248 g/mol. The van der Waals surface area contributed by atoms with Crippen molar-refractivity contribution in [2.24, 2.45) is 11.3 Å². The first-order chi connectivity index (χ1) is 8.20. The quantitative estimate of drug-likeness (QED) is 0.803. The van der Waals surface area contributed by atoms with E-state index < -0.39 is 0 Å². The minimum absolute atomic E-state index is 0.0570. The Balaban J connectivity index is 2.62. The molecule has 18 heavy (non-hydrogen) atoms. The van der Waals surface area contributed by atoms with E-state index in [0.717, 1.165) is 16.9 Å². The second kappa shape index (κ2) is 5.42. The molecule has 0 bridgehead atoms. The fraction of sp³-hybridized carbons (Fsp3) is 0.533. The summed E-state index contributed by atoms with van der Waals surface area (Å²) in [6, 6.07) is 5.55. The van der Waals surface area contributed by atoms with E-state index in [9.17, 15) is 4.79 Å². The van der Waals surface area contributed by atoms with Crippen LogP contribution in [0.1, 0.15) is 39.7 Å². The van der Waals surface area contributed by atoms with E-state index >= 15 is 0 Å². The molecule has 3 heteroatoms. The molecule has 0 aliphatic rings. The fourth-order valence-electron chi connectivity index (χ4n) is 1.55. The van der Waals surface area contributed by atoms with Gasteiger partial charge in [0.25, 0.3) is 0 Å². The van der Waals surface area contributed by atoms with Gasteiger partial charge in [0.05, 0.1) is 0 Å². The van der Waals surface area contributed by atoms with Gasteiger partial charge < -0.3 is 11.1 Å². The molecular weight excluding hydrogens is 224 g/mol. The van der Waals surface area contributed by atoms with Gasteiger partial charge in [0, 0.05) is 17.8 Å². The lowest BCUT2D eigenvalue weighted by molar-refractivity contribution is -0.117. The smallest absolute Gasteiger partial charge is 0.224 e. The van der Waals surface area contributed by atoms with Crippen molar-refractivity contribution in [3.05, 3.63) is 23.8 Å². The van der Waals surface area contributed by atoms with Crippen LogP contribution < -0.4 is 11.1 Å². The van der Waals surface area contributed by atoms with Gasteiger partial charge in [-0.05, 0) is 42.0 Å². The van der Waals surface area contributed by atoms with Gasteiger partial charge in [0.15, 0.2) is 0 Å². The average Bonchev–Trinajstić information content (AvgIpc) is 2.22. The highest BCUT2D eigenvalue weighted by Crippen LogP contribution is 2.28. The summed E-state index contributed by atoms with van der Waals surface area (Å²) in [6.07, 6.45) is 0.535. The average molecular weight is 248 g/mol. The number of carbonyl (C=O) groups is 1. The molecule has 0 saturated heterocycles. The standard InChI is InChI=1S/C15H24N2O/c1-10-8-12(6-7-13(10)16)17-14(18)9-11(2)15(3,4)5/h6-8,11H,9,16H2,1-5H3,(H,17,18). The lowest BCUT2D eigenvalue weighted by atomic mass is 9.80. The summed E-state index contributed by atoms with van der Waals surface area (Å²) in [5.74, 6) is 0.397. The van der Waals surface area contributed by atoms with Crippen molar-refractivity contribution in [1.82, 2.24) is 0 Å². The van der Waals surface area contributed by atoms with Gasteiger partial charge in [-0.25, -0.2) is 0 Å². The van der Waals surface area contributed by atoms with E-state index in [0.29, 0.717) is 12.3 Å². The van der Waals surface area contributed by atoms with Crippen LogP contribution >= 0.6 is 0 Å². The number of nitrogens with one attached hydrogen (secondary N) is 1. The molecular formula is C15H24N2O. The van der Waals surface area contributed by atoms with Crippen LogP contribution in [0.25, 0.3) is 0 Å². The van der Waals surface area contributed by atoms with Crippen LogP contribution in [0.4, 0.5) is 11.4 Å². The summed E-state index contributed by atoms with van der Waals surface area (Å²) in [7, 11) is 0. The zero-order chi connectivity index (χ0) is 13.9. The second-order valence-electron chi connectivity index (χ2n) is 6.09. The topological polar surface area (TPSA) is 55.1 Å². The number of amides is 1. The van der Waals surface area contributed by atoms with Crippen LogP contribution in [-0.2, 0) is 4.79 Å². The Hall–Kier alpha value is -1.51. The molecule has 3 N–H and O–H groups in total. The first-order valence-electron chi connectivity index (χ1n) is 6.36. The Morgan fingerprint density at radius 2 is 2.00 bits per heavy atom. The third-order valence-electron chi connectivity index (χ3n) is 3.52. The van der Waals surface area contributed by atoms with E-state index in [-0.39, 0.29) is 11.3 Å². The first-order valence-corrected chi connectivity index (χ1v) is 6.36. The number of nitrogen functional groups attached to an aromatic ring is 1. The lowest BCUT2D eigenvalue weighted by Gasteiger charge is -2.26. The van der Waals surface area contributed by atoms with Crippen LogP contribution in [0.15, 0.2) is 18.2 Å². The fourth-order valence-corrected chi connectivity index (χ4v) is 1.55. The molecule has 1 amide bonds. The highest BCUT2D eigenvalue weighted by atomic mass is 16.1. The van der Waals surface area contributed by atoms with Gasteiger partial charge in [-0.3, -0.25) is 4.79 Å². The molecule has 1 aromatic carbocycles. The van der Waals surface area contributed by atoms with Crippen LogP contribution in [0.5, 0.6) is 0 Å². The first kappa shape index (κ1) is 14.6. The summed E-state index contributed by atoms with van der Waals surface area (Å²) < 4.78 is 0. The SMILES string of the molecule is Cc1cc(NC(=O)CC(C)C(C)(C)C)ccc1N. The van der Waals surface area contributed by atoms with Gasteiger partial charge >= 0.3 is 0 Å². The lowest BCUT2D eigenvalue weighted by Crippen LogP contribution is -2.23. The number of anilines is 2. The van der Waals surface area contributed by atoms with Crippen molar-refractivity contribution in [3.63, 3.8) is 0 Å². The minimum atomic E-state index is 0.0570. The number of benzene rings is 1. The van der Waals surface area contributed by atoms with Crippen molar-refractivity contribution in [2.75, 3.05) is 11.1 Å². The number of hydrogen-bond donors (Lipinski definition) is 2. The molecule has 1 aromatic rings. The van der Waals surface area contributed by atoms with Crippen molar-refractivity contribution in [1.29, 1.82) is 0 Å². The number of carbonyl (C=O) groups excluding carboxylic acids is 1. The molecule has 3 nitrogen and oxygen atoms in total. The van der Waals surface area contributed by atoms with Crippen molar-refractivity contribution in [2.45, 2.75) is 41.0 Å². The molecule has 0 aromatic heterocycles. The van der Waals surface area contributed by atoms with Crippen molar-refractivity contribution in [3.8, 4) is 0 Å². The van der Waals surface area contributed by atoms with Gasteiger partial charge in [0.1, 0.15) is 0 Å². The Kier molecular flexibility index (Phi) is 4.38. The number of nitrogens with two attached hydrogens (primary N) is 1. The Bertz CT molecular complexity index is 433. The van der Waals surface area contributed by atoms with Crippen LogP contribution in [-0.4, -0.2) is 5.91 Å². The predicted molar refractivity (Wildman–Crippen MR) is 77.5 cm³/mol. The largest absolute Gasteiger partial charge is 0.399 e. The van der Waals surface area contributed by atoms with Crippen LogP contribution in [0, 0.1) is 18.3 Å². The number of hydrogen-bond acceptors (Lipinski definition) is 2. The summed E-state index contributed by atoms with van der Waals surface area (Å²) in [6.45, 7) is 10.5. The molecule has 0 spiro atoms. The molecule has 100 valence electrons. The maximum absolute atomic E-state index is 11.9. The molecule has 0 aliphatic carbocycles. The van der Waals surface area contributed by atoms with Crippen molar-refractivity contribution < 1.29 is 4.79 Å². The van der Waals surface area contributed by atoms with E-state index in [1.165, 1.54) is 0 Å². The molecule has 0 saturated carbocycles. The molecule has 0 aliphatic heterocycles. The minimum Gasteiger partial charge on any atom is -0.399 e. The van der Waals surface area contributed by atoms with E-state index in [1.807, 2.05) is 25.1 Å². The van der Waals surface area contributed by atoms with Gasteiger partial charge in [0.2, 0.25) is 5.91 Å². The van der Waals surface area contributed by atoms with Gasteiger partial charge in [-0.15, -0.1) is 0 Å². The van der Waals surface area contributed by atoms with Crippen molar-refractivity contribution >= 4 is 17.3 Å². The summed E-state index contributed by atoms with van der Waals surface area (Å²) in [5.41, 5.74) is 8.43. The summed E-state index contributed by atoms with van der Waals surface area (Å²) >= 11 is 0. The third kappa shape index (κ3) is 4.06. The van der Waals surface area contributed by atoms with Crippen LogP contribution in [0.2, 0.25) is 0 Å². The Morgan fingerprint density at radius 3 is 2.50 bits per heavy atom. The van der Waals surface area contributed by atoms with Gasteiger partial charge in [-0.2, -0.15) is 0 Å². The number of aryl methyl sites for hydroxylation is 1. The van der Waals surface area contributed by atoms with Gasteiger partial charge in [-0.1, -0.05) is 27.7 Å². The molecule has 0 radical (unpaired) electrons. The second-order valence-corrected chi connectivity index (χ2v) is 6.09. The molecule has 1 unspecified atom stereocenters. The third-order valence-corrected chi connectivity index (χ3v) is 3.52. The highest BCUT2D eigenvalue weighted by molar-refractivity contribution is 5.91. The molecule has 1 rings (SSSR count). The Labute approximate surface area is 110 Å². The van der Waals surface area contributed by atoms with E-state index in [2.05, 4.69) is 33.0 Å². The normalized spacial score (nSPS) is 13.2. The maximum Gasteiger partial charge on any atom is 0.224 e. The number of rotatable bonds is 3. The predicted octanol–water partition coefficient (Wildman–Crippen LogP) is 3.59. The van der Waals surface area contributed by atoms with E-state index in [4.69, 9.17) is 5.73 Å². The van der Waals surface area contributed by atoms with Crippen LogP contribution in [0.3, 0.4) is 0 Å². The molecule has 0 fully saturated rings. The summed E-state index contributed by atoms with van der Waals surface area (Å²) in [5, 5.41) is 2.92. The summed E-state index contributed by atoms with van der Waals surface area (Å²) in [4.78, 5) is 11.9. The van der Waals surface area contributed by atoms with E-state index in [1.54, 1.807) is 0 Å². The highest BCUT2D eigenvalue weighted by Gasteiger charge is 2.22. The zero-order valence-electron chi connectivity index (χ0n) is 12.0. The Morgan fingerprint density at radius 1 is 1.39 bits per heavy atom. The maximum atomic E-state index is 11.9. The molecule has 1 atom stereocenters.